The average molecular weight is 339 g/mol. The van der Waals surface area contributed by atoms with Crippen molar-refractivity contribution in [3.63, 3.8) is 0 Å². The minimum atomic E-state index is -0.879. The van der Waals surface area contributed by atoms with Crippen LogP contribution in [0.4, 0.5) is 0 Å². The molecule has 2 atom stereocenters. The molecule has 1 aliphatic heterocycles. The van der Waals surface area contributed by atoms with E-state index in [1.165, 1.54) is 20.3 Å². The fourth-order valence-corrected chi connectivity index (χ4v) is 2.13. The van der Waals surface area contributed by atoms with Gasteiger partial charge in [-0.1, -0.05) is 13.8 Å². The molecule has 0 spiro atoms. The molecule has 24 heavy (non-hydrogen) atoms. The highest BCUT2D eigenvalue weighted by Crippen LogP contribution is 2.21. The van der Waals surface area contributed by atoms with Gasteiger partial charge in [0.15, 0.2) is 6.10 Å². The first-order valence-electron chi connectivity index (χ1n) is 7.55. The first kappa shape index (κ1) is 17.8. The van der Waals surface area contributed by atoms with Crippen molar-refractivity contribution in [3.05, 3.63) is 6.07 Å². The van der Waals surface area contributed by atoms with Crippen molar-refractivity contribution in [3.8, 4) is 17.8 Å². The second-order valence-electron chi connectivity index (χ2n) is 5.54. The molecule has 0 aromatic carbocycles. The summed E-state index contributed by atoms with van der Waals surface area (Å²) in [5.41, 5.74) is 0. The maximum atomic E-state index is 12.4. The molecule has 1 amide bonds. The zero-order valence-electron chi connectivity index (χ0n) is 14.1. The van der Waals surface area contributed by atoms with Gasteiger partial charge in [0.2, 0.25) is 11.8 Å². The third-order valence-corrected chi connectivity index (χ3v) is 3.43. The molecule has 2 rings (SSSR count). The molecule has 0 aliphatic carbocycles. The topological polar surface area (TPSA) is 109 Å². The Bertz CT molecular complexity index is 585. The number of aromatic nitrogens is 2. The first-order chi connectivity index (χ1) is 11.4. The number of carbonyl (C=O) groups is 2. The number of methoxy groups -OCH3 is 2. The Kier molecular flexibility index (Phi) is 5.78. The van der Waals surface area contributed by atoms with Gasteiger partial charge < -0.3 is 24.3 Å². The van der Waals surface area contributed by atoms with Crippen molar-refractivity contribution in [2.75, 3.05) is 20.8 Å². The molecule has 1 fully saturated rings. The van der Waals surface area contributed by atoms with Gasteiger partial charge in [0.1, 0.15) is 6.04 Å². The van der Waals surface area contributed by atoms with E-state index in [0.29, 0.717) is 13.0 Å². The van der Waals surface area contributed by atoms with Crippen LogP contribution in [0.1, 0.15) is 20.3 Å². The molecule has 1 N–H and O–H groups in total. The van der Waals surface area contributed by atoms with E-state index in [9.17, 15) is 9.59 Å². The summed E-state index contributed by atoms with van der Waals surface area (Å²) in [7, 11) is 2.90. The van der Waals surface area contributed by atoms with Crippen molar-refractivity contribution in [2.24, 2.45) is 5.92 Å². The largest absolute Gasteiger partial charge is 0.481 e. The minimum absolute atomic E-state index is 0.0472. The van der Waals surface area contributed by atoms with Crippen LogP contribution in [0.5, 0.6) is 17.8 Å². The molecular weight excluding hydrogens is 318 g/mol. The van der Waals surface area contributed by atoms with Gasteiger partial charge in [0, 0.05) is 6.42 Å². The predicted molar refractivity (Wildman–Crippen MR) is 81.9 cm³/mol. The van der Waals surface area contributed by atoms with Gasteiger partial charge in [0.05, 0.1) is 26.9 Å². The zero-order chi connectivity index (χ0) is 17.7. The highest BCUT2D eigenvalue weighted by molar-refractivity contribution is 5.88. The number of amides is 1. The lowest BCUT2D eigenvalue weighted by molar-refractivity contribution is -0.142. The van der Waals surface area contributed by atoms with Crippen molar-refractivity contribution in [1.29, 1.82) is 0 Å². The van der Waals surface area contributed by atoms with E-state index < -0.39 is 24.0 Å². The van der Waals surface area contributed by atoms with E-state index >= 15 is 0 Å². The second kappa shape index (κ2) is 7.80. The van der Waals surface area contributed by atoms with E-state index in [1.54, 1.807) is 0 Å². The van der Waals surface area contributed by atoms with Gasteiger partial charge in [-0.05, 0) is 5.92 Å². The van der Waals surface area contributed by atoms with Gasteiger partial charge in [-0.15, -0.1) is 0 Å². The Morgan fingerprint density at radius 2 is 1.92 bits per heavy atom. The Balaban J connectivity index is 2.13. The fraction of sp³-hybridized carbons (Fsp3) is 0.600. The fourth-order valence-electron chi connectivity index (χ4n) is 2.13. The SMILES string of the molecule is COc1cc(OC)nc(OC(C(=O)N[C@H]2CCOC2=O)C(C)C)n1. The molecule has 1 unspecified atom stereocenters. The van der Waals surface area contributed by atoms with E-state index in [2.05, 4.69) is 15.3 Å². The Labute approximate surface area is 139 Å². The van der Waals surface area contributed by atoms with Gasteiger partial charge in [0.25, 0.3) is 5.91 Å². The first-order valence-corrected chi connectivity index (χ1v) is 7.55. The van der Waals surface area contributed by atoms with Crippen LogP contribution in [-0.4, -0.2) is 54.8 Å². The van der Waals surface area contributed by atoms with E-state index in [-0.39, 0.29) is 23.7 Å². The minimum Gasteiger partial charge on any atom is -0.481 e. The predicted octanol–water partition coefficient (Wildman–Crippen LogP) is 0.329. The summed E-state index contributed by atoms with van der Waals surface area (Å²) in [4.78, 5) is 32.0. The van der Waals surface area contributed by atoms with Crippen LogP contribution in [0.15, 0.2) is 6.07 Å². The molecule has 1 aromatic heterocycles. The Morgan fingerprint density at radius 1 is 1.29 bits per heavy atom. The summed E-state index contributed by atoms with van der Waals surface area (Å²) in [6.45, 7) is 3.93. The lowest BCUT2D eigenvalue weighted by atomic mass is 10.1. The van der Waals surface area contributed by atoms with Crippen molar-refractivity contribution >= 4 is 11.9 Å². The van der Waals surface area contributed by atoms with Gasteiger partial charge in [-0.2, -0.15) is 9.97 Å². The van der Waals surface area contributed by atoms with E-state index in [0.717, 1.165) is 0 Å². The average Bonchev–Trinajstić information content (AvgIpc) is 2.96. The van der Waals surface area contributed by atoms with Crippen LogP contribution < -0.4 is 19.5 Å². The molecule has 0 saturated carbocycles. The third-order valence-electron chi connectivity index (χ3n) is 3.43. The number of carbonyl (C=O) groups excluding carboxylic acids is 2. The molecule has 1 saturated heterocycles. The highest BCUT2D eigenvalue weighted by atomic mass is 16.5. The quantitative estimate of drug-likeness (QED) is 0.708. The summed E-state index contributed by atoms with van der Waals surface area (Å²) in [6, 6.07) is 0.795. The number of hydrogen-bond acceptors (Lipinski definition) is 8. The van der Waals surface area contributed by atoms with Gasteiger partial charge in [-0.3, -0.25) is 4.79 Å². The van der Waals surface area contributed by atoms with Crippen molar-refractivity contribution in [1.82, 2.24) is 15.3 Å². The molecule has 1 aliphatic rings. The zero-order valence-corrected chi connectivity index (χ0v) is 14.1. The van der Waals surface area contributed by atoms with E-state index in [4.69, 9.17) is 18.9 Å². The highest BCUT2D eigenvalue weighted by Gasteiger charge is 2.33. The van der Waals surface area contributed by atoms with Crippen LogP contribution in [-0.2, 0) is 14.3 Å². The molecule has 0 radical (unpaired) electrons. The molecule has 0 bridgehead atoms. The standard InChI is InChI=1S/C15H21N3O6/c1-8(2)12(13(19)16-9-5-6-23-14(9)20)24-15-17-10(21-3)7-11(18-15)22-4/h7-9,12H,5-6H2,1-4H3,(H,16,19)/t9-,12?/m0/s1. The molecule has 132 valence electrons. The summed E-state index contributed by atoms with van der Waals surface area (Å²) >= 11 is 0. The lowest BCUT2D eigenvalue weighted by Gasteiger charge is -2.22. The molecule has 9 heteroatoms. The summed E-state index contributed by atoms with van der Waals surface area (Å²) < 4.78 is 20.6. The van der Waals surface area contributed by atoms with Crippen LogP contribution in [0.25, 0.3) is 0 Å². The number of nitrogens with one attached hydrogen (secondary N) is 1. The maximum absolute atomic E-state index is 12.4. The van der Waals surface area contributed by atoms with Gasteiger partial charge in [-0.25, -0.2) is 4.79 Å². The molecular formula is C15H21N3O6. The van der Waals surface area contributed by atoms with E-state index in [1.807, 2.05) is 13.8 Å². The number of ether oxygens (including phenoxy) is 4. The normalized spacial score (nSPS) is 18.0. The second-order valence-corrected chi connectivity index (χ2v) is 5.54. The number of esters is 1. The van der Waals surface area contributed by atoms with Crippen LogP contribution in [0.2, 0.25) is 0 Å². The molecule has 9 nitrogen and oxygen atoms in total. The van der Waals surface area contributed by atoms with Gasteiger partial charge >= 0.3 is 12.0 Å². The number of hydrogen-bond donors (Lipinski definition) is 1. The van der Waals surface area contributed by atoms with Crippen LogP contribution in [0.3, 0.4) is 0 Å². The van der Waals surface area contributed by atoms with Crippen LogP contribution >= 0.6 is 0 Å². The summed E-state index contributed by atoms with van der Waals surface area (Å²) in [5.74, 6) is -0.550. The van der Waals surface area contributed by atoms with Crippen molar-refractivity contribution < 1.29 is 28.5 Å². The monoisotopic (exact) mass is 339 g/mol. The molecule has 1 aromatic rings. The maximum Gasteiger partial charge on any atom is 0.328 e. The Hall–Kier alpha value is -2.58. The number of cyclic esters (lactones) is 1. The van der Waals surface area contributed by atoms with Crippen LogP contribution in [0, 0.1) is 5.92 Å². The Morgan fingerprint density at radius 3 is 2.38 bits per heavy atom. The number of nitrogens with zero attached hydrogens (tertiary/aromatic N) is 2. The molecule has 2 heterocycles. The smallest absolute Gasteiger partial charge is 0.328 e. The summed E-state index contributed by atoms with van der Waals surface area (Å²) in [5, 5.41) is 2.63. The third kappa shape index (κ3) is 4.24. The number of rotatable bonds is 7. The lowest BCUT2D eigenvalue weighted by Crippen LogP contribution is -2.47. The van der Waals surface area contributed by atoms with Crippen molar-refractivity contribution in [2.45, 2.75) is 32.4 Å². The summed E-state index contributed by atoms with van der Waals surface area (Å²) in [6.07, 6.45) is -0.436.